The average Bonchev–Trinajstić information content (AvgIpc) is 2.64. The van der Waals surface area contributed by atoms with Gasteiger partial charge in [-0.1, -0.05) is 37.0 Å². The van der Waals surface area contributed by atoms with Gasteiger partial charge in [0.15, 0.2) is 0 Å². The van der Waals surface area contributed by atoms with Crippen LogP contribution in [0.1, 0.15) is 26.7 Å². The van der Waals surface area contributed by atoms with Gasteiger partial charge >= 0.3 is 26.2 Å². The summed E-state index contributed by atoms with van der Waals surface area (Å²) in [5.74, 6) is 0. The predicted octanol–water partition coefficient (Wildman–Crippen LogP) is -2.65. The molecule has 0 aromatic carbocycles. The molecule has 0 fully saturated rings. The van der Waals surface area contributed by atoms with Crippen LogP contribution in [0.3, 0.4) is 0 Å². The summed E-state index contributed by atoms with van der Waals surface area (Å²) in [4.78, 5) is 0. The summed E-state index contributed by atoms with van der Waals surface area (Å²) in [6.07, 6.45) is 12.1. The Balaban J connectivity index is 0. The summed E-state index contributed by atoms with van der Waals surface area (Å²) in [7, 11) is 0. The third-order valence-corrected chi connectivity index (χ3v) is 2.68. The largest absolute Gasteiger partial charge is 3.00 e. The number of halogens is 2. The van der Waals surface area contributed by atoms with Crippen molar-refractivity contribution >= 4 is 0 Å². The molecule has 0 saturated heterocycles. The maximum Gasteiger partial charge on any atom is 3.00 e. The minimum atomic E-state index is 0. The van der Waals surface area contributed by atoms with E-state index in [9.17, 15) is 0 Å². The molecule has 2 aliphatic carbocycles. The Labute approximate surface area is 124 Å². The standard InChI is InChI=1S/C12H13.2ClH.Zr/c1-9-7-8-12(10(9)2)11-5-3-4-6-11;;;/h3,5,7H,4,8H2,1-2H3;2*1H;/q-1;;;+3/p-2. The van der Waals surface area contributed by atoms with Crippen LogP contribution in [0.25, 0.3) is 0 Å². The van der Waals surface area contributed by atoms with Crippen molar-refractivity contribution in [2.45, 2.75) is 26.7 Å². The quantitative estimate of drug-likeness (QED) is 0.463. The van der Waals surface area contributed by atoms with Crippen molar-refractivity contribution in [3.63, 3.8) is 0 Å². The van der Waals surface area contributed by atoms with Crippen molar-refractivity contribution in [2.24, 2.45) is 0 Å². The van der Waals surface area contributed by atoms with Gasteiger partial charge in [0, 0.05) is 0 Å². The summed E-state index contributed by atoms with van der Waals surface area (Å²) < 4.78 is 0. The van der Waals surface area contributed by atoms with Gasteiger partial charge in [0.25, 0.3) is 0 Å². The molecule has 0 unspecified atom stereocenters. The Morgan fingerprint density at radius 3 is 2.27 bits per heavy atom. The second-order valence-electron chi connectivity index (χ2n) is 3.39. The number of allylic oxidation sites excluding steroid dienone is 8. The Bertz CT molecular complexity index is 336. The fourth-order valence-corrected chi connectivity index (χ4v) is 1.72. The van der Waals surface area contributed by atoms with E-state index in [2.05, 4.69) is 38.2 Å². The smallest absolute Gasteiger partial charge is 1.00 e. The van der Waals surface area contributed by atoms with E-state index in [0.29, 0.717) is 0 Å². The van der Waals surface area contributed by atoms with Crippen LogP contribution in [0.2, 0.25) is 0 Å². The van der Waals surface area contributed by atoms with E-state index in [1.807, 2.05) is 0 Å². The molecule has 15 heavy (non-hydrogen) atoms. The third-order valence-electron chi connectivity index (χ3n) is 2.68. The number of hydrogen-bond donors (Lipinski definition) is 0. The molecule has 0 N–H and O–H groups in total. The van der Waals surface area contributed by atoms with Crippen LogP contribution in [0.15, 0.2) is 40.5 Å². The van der Waals surface area contributed by atoms with E-state index in [0.717, 1.165) is 12.8 Å². The number of rotatable bonds is 1. The maximum absolute atomic E-state index is 3.36. The fraction of sp³-hybridized carbons (Fsp3) is 0.333. The van der Waals surface area contributed by atoms with Crippen LogP contribution in [-0.2, 0) is 26.2 Å². The van der Waals surface area contributed by atoms with Crippen molar-refractivity contribution in [2.75, 3.05) is 0 Å². The maximum atomic E-state index is 3.36. The summed E-state index contributed by atoms with van der Waals surface area (Å²) in [5, 5.41) is 0. The van der Waals surface area contributed by atoms with E-state index in [1.54, 1.807) is 0 Å². The van der Waals surface area contributed by atoms with Gasteiger partial charge in [-0.05, 0) is 6.92 Å². The molecule has 0 spiro atoms. The first-order chi connectivity index (χ1) is 5.79. The molecule has 3 heteroatoms. The summed E-state index contributed by atoms with van der Waals surface area (Å²) in [6, 6.07) is 0. The predicted molar refractivity (Wildman–Crippen MR) is 51.6 cm³/mol. The molecule has 0 aromatic heterocycles. The molecular weight excluding hydrogens is 306 g/mol. The van der Waals surface area contributed by atoms with E-state index in [-0.39, 0.29) is 51.0 Å². The minimum absolute atomic E-state index is 0. The van der Waals surface area contributed by atoms with Gasteiger partial charge in [-0.25, -0.2) is 0 Å². The SMILES string of the molecule is CC1=CCC(C2=[C-]CC=C2)=C1C.[Cl-].[Cl-].[Zr+3]. The van der Waals surface area contributed by atoms with Crippen LogP contribution in [0, 0.1) is 6.08 Å². The van der Waals surface area contributed by atoms with Crippen LogP contribution in [-0.4, -0.2) is 0 Å². The Kier molecular flexibility index (Phi) is 9.09. The first-order valence-corrected chi connectivity index (χ1v) is 4.43. The van der Waals surface area contributed by atoms with Gasteiger partial charge in [-0.15, -0.1) is 11.6 Å². The van der Waals surface area contributed by atoms with Gasteiger partial charge in [-0.2, -0.15) is 17.7 Å². The minimum Gasteiger partial charge on any atom is -1.00 e. The third kappa shape index (κ3) is 3.73. The van der Waals surface area contributed by atoms with Crippen molar-refractivity contribution in [3.05, 3.63) is 46.6 Å². The van der Waals surface area contributed by atoms with Crippen molar-refractivity contribution < 1.29 is 51.0 Å². The molecule has 0 atom stereocenters. The van der Waals surface area contributed by atoms with Gasteiger partial charge in [-0.3, -0.25) is 0 Å². The zero-order valence-corrected chi connectivity index (χ0v) is 12.9. The Hall–Kier alpha value is 0.423. The Morgan fingerprint density at radius 1 is 1.20 bits per heavy atom. The molecule has 0 saturated carbocycles. The first-order valence-electron chi connectivity index (χ1n) is 4.43. The zero-order valence-electron chi connectivity index (χ0n) is 8.90. The van der Waals surface area contributed by atoms with Crippen LogP contribution in [0.4, 0.5) is 0 Å². The van der Waals surface area contributed by atoms with E-state index >= 15 is 0 Å². The molecule has 79 valence electrons. The molecule has 0 nitrogen and oxygen atoms in total. The molecule has 0 heterocycles. The van der Waals surface area contributed by atoms with Gasteiger partial charge in [0.2, 0.25) is 0 Å². The second kappa shape index (κ2) is 7.66. The summed E-state index contributed by atoms with van der Waals surface area (Å²) in [6.45, 7) is 4.39. The number of hydrogen-bond acceptors (Lipinski definition) is 0. The first kappa shape index (κ1) is 17.8. The fourth-order valence-electron chi connectivity index (χ4n) is 1.72. The van der Waals surface area contributed by atoms with Gasteiger partial charge in [0.05, 0.1) is 0 Å². The summed E-state index contributed by atoms with van der Waals surface area (Å²) in [5.41, 5.74) is 5.67. The molecule has 0 aliphatic heterocycles. The molecule has 2 aliphatic rings. The van der Waals surface area contributed by atoms with Crippen molar-refractivity contribution in [1.29, 1.82) is 0 Å². The molecule has 0 bridgehead atoms. The monoisotopic (exact) mass is 317 g/mol. The molecule has 1 radical (unpaired) electrons. The van der Waals surface area contributed by atoms with Gasteiger partial charge in [0.1, 0.15) is 0 Å². The average molecular weight is 319 g/mol. The summed E-state index contributed by atoms with van der Waals surface area (Å²) >= 11 is 0. The normalized spacial score (nSPS) is 17.5. The van der Waals surface area contributed by atoms with Gasteiger partial charge < -0.3 is 24.8 Å². The molecular formula is C12H13Cl2Zr. The molecule has 0 amide bonds. The topological polar surface area (TPSA) is 0 Å². The van der Waals surface area contributed by atoms with Crippen LogP contribution in [0.5, 0.6) is 0 Å². The second-order valence-corrected chi connectivity index (χ2v) is 3.39. The van der Waals surface area contributed by atoms with E-state index in [4.69, 9.17) is 0 Å². The van der Waals surface area contributed by atoms with Crippen LogP contribution < -0.4 is 24.8 Å². The Morgan fingerprint density at radius 2 is 1.87 bits per heavy atom. The van der Waals surface area contributed by atoms with Crippen molar-refractivity contribution in [3.8, 4) is 0 Å². The molecule has 0 aromatic rings. The van der Waals surface area contributed by atoms with E-state index in [1.165, 1.54) is 22.3 Å². The van der Waals surface area contributed by atoms with Crippen LogP contribution >= 0.6 is 0 Å². The molecule has 2 rings (SSSR count). The van der Waals surface area contributed by atoms with Crippen molar-refractivity contribution in [1.82, 2.24) is 0 Å². The zero-order chi connectivity index (χ0) is 8.55. The van der Waals surface area contributed by atoms with E-state index < -0.39 is 0 Å².